The summed E-state index contributed by atoms with van der Waals surface area (Å²) in [5.41, 5.74) is 6.05. The van der Waals surface area contributed by atoms with Crippen LogP contribution in [0.25, 0.3) is 11.1 Å². The lowest BCUT2D eigenvalue weighted by Crippen LogP contribution is -2.33. The molecule has 1 aliphatic heterocycles. The number of nitrogens with one attached hydrogen (secondary N) is 1. The second-order valence-electron chi connectivity index (χ2n) is 7.23. The van der Waals surface area contributed by atoms with Crippen molar-refractivity contribution in [2.24, 2.45) is 0 Å². The highest BCUT2D eigenvalue weighted by molar-refractivity contribution is 5.63. The molecule has 0 radical (unpaired) electrons. The van der Waals surface area contributed by atoms with Crippen molar-refractivity contribution in [1.29, 1.82) is 0 Å². The van der Waals surface area contributed by atoms with Crippen LogP contribution in [-0.4, -0.2) is 36.1 Å². The van der Waals surface area contributed by atoms with E-state index in [0.29, 0.717) is 0 Å². The lowest BCUT2D eigenvalue weighted by atomic mass is 9.97. The van der Waals surface area contributed by atoms with Gasteiger partial charge in [0.15, 0.2) is 0 Å². The second-order valence-corrected chi connectivity index (χ2v) is 7.23. The average molecular weight is 358 g/mol. The van der Waals surface area contributed by atoms with Gasteiger partial charge in [0.25, 0.3) is 0 Å². The molecule has 1 aliphatic rings. The predicted octanol–water partition coefficient (Wildman–Crippen LogP) is 4.44. The summed E-state index contributed by atoms with van der Waals surface area (Å²) < 4.78 is 0. The monoisotopic (exact) mass is 357 g/mol. The highest BCUT2D eigenvalue weighted by Gasteiger charge is 2.24. The average Bonchev–Trinajstić information content (AvgIpc) is 2.99. The molecule has 3 nitrogen and oxygen atoms in total. The molecule has 1 unspecified atom stereocenters. The van der Waals surface area contributed by atoms with Crippen molar-refractivity contribution in [3.8, 4) is 11.1 Å². The molecule has 3 heteroatoms. The molecule has 0 spiro atoms. The van der Waals surface area contributed by atoms with E-state index < -0.39 is 0 Å². The molecule has 1 fully saturated rings. The Hall–Kier alpha value is -2.49. The van der Waals surface area contributed by atoms with Gasteiger partial charge in [-0.3, -0.25) is 9.88 Å². The number of aromatic nitrogens is 1. The molecule has 3 aromatic rings. The normalized spacial score (nSPS) is 16.6. The molecular formula is C24H27N3. The largest absolute Gasteiger partial charge is 0.315 e. The summed E-state index contributed by atoms with van der Waals surface area (Å²) in [5.74, 6) is 0. The molecule has 0 aliphatic carbocycles. The molecule has 27 heavy (non-hydrogen) atoms. The molecule has 0 amide bonds. The highest BCUT2D eigenvalue weighted by Crippen LogP contribution is 2.30. The molecule has 138 valence electrons. The Bertz CT molecular complexity index is 850. The van der Waals surface area contributed by atoms with Gasteiger partial charge in [-0.05, 0) is 48.7 Å². The Morgan fingerprint density at radius 3 is 2.37 bits per heavy atom. The molecule has 1 saturated heterocycles. The summed E-state index contributed by atoms with van der Waals surface area (Å²) in [6.07, 6.45) is 1.17. The van der Waals surface area contributed by atoms with Crippen molar-refractivity contribution in [2.75, 3.05) is 26.2 Å². The van der Waals surface area contributed by atoms with Gasteiger partial charge in [-0.2, -0.15) is 0 Å². The van der Waals surface area contributed by atoms with Gasteiger partial charge in [0.05, 0.1) is 11.7 Å². The lowest BCUT2D eigenvalue weighted by molar-refractivity contribution is 0.237. The minimum absolute atomic E-state index is 0.203. The van der Waals surface area contributed by atoms with Crippen molar-refractivity contribution in [1.82, 2.24) is 15.2 Å². The second kappa shape index (κ2) is 8.47. The van der Waals surface area contributed by atoms with Crippen molar-refractivity contribution in [2.45, 2.75) is 19.4 Å². The maximum Gasteiger partial charge on any atom is 0.0777 e. The van der Waals surface area contributed by atoms with Gasteiger partial charge in [0, 0.05) is 25.3 Å². The fourth-order valence-electron chi connectivity index (χ4n) is 3.90. The molecule has 1 N–H and O–H groups in total. The number of nitrogens with zero attached hydrogens (tertiary/aromatic N) is 2. The van der Waals surface area contributed by atoms with E-state index in [1.807, 2.05) is 0 Å². The third-order valence-electron chi connectivity index (χ3n) is 5.26. The Morgan fingerprint density at radius 1 is 0.815 bits per heavy atom. The lowest BCUT2D eigenvalue weighted by Gasteiger charge is -2.30. The fourth-order valence-corrected chi connectivity index (χ4v) is 3.90. The number of hydrogen-bond acceptors (Lipinski definition) is 3. The van der Waals surface area contributed by atoms with Crippen LogP contribution < -0.4 is 5.32 Å². The van der Waals surface area contributed by atoms with Gasteiger partial charge in [-0.15, -0.1) is 0 Å². The first-order valence-electron chi connectivity index (χ1n) is 9.85. The van der Waals surface area contributed by atoms with E-state index in [1.165, 1.54) is 23.1 Å². The quantitative estimate of drug-likeness (QED) is 0.748. The zero-order valence-corrected chi connectivity index (χ0v) is 15.9. The Labute approximate surface area is 162 Å². The third kappa shape index (κ3) is 4.26. The number of benzene rings is 2. The topological polar surface area (TPSA) is 28.2 Å². The summed E-state index contributed by atoms with van der Waals surface area (Å²) in [5, 5.41) is 3.51. The first kappa shape index (κ1) is 17.9. The van der Waals surface area contributed by atoms with Gasteiger partial charge in [-0.25, -0.2) is 0 Å². The van der Waals surface area contributed by atoms with Crippen molar-refractivity contribution in [3.05, 3.63) is 89.7 Å². The van der Waals surface area contributed by atoms with E-state index in [2.05, 4.69) is 89.9 Å². The predicted molar refractivity (Wildman–Crippen MR) is 112 cm³/mol. The van der Waals surface area contributed by atoms with Crippen LogP contribution in [-0.2, 0) is 0 Å². The zero-order chi connectivity index (χ0) is 18.5. The van der Waals surface area contributed by atoms with Gasteiger partial charge in [0.2, 0.25) is 0 Å². The van der Waals surface area contributed by atoms with Crippen LogP contribution in [0.2, 0.25) is 0 Å². The van der Waals surface area contributed by atoms with Crippen LogP contribution in [0.4, 0.5) is 0 Å². The highest BCUT2D eigenvalue weighted by atomic mass is 15.2. The molecule has 4 rings (SSSR count). The van der Waals surface area contributed by atoms with Gasteiger partial charge in [-0.1, -0.05) is 60.7 Å². The smallest absolute Gasteiger partial charge is 0.0777 e. The number of rotatable bonds is 4. The van der Waals surface area contributed by atoms with Crippen molar-refractivity contribution in [3.63, 3.8) is 0 Å². The van der Waals surface area contributed by atoms with E-state index >= 15 is 0 Å². The molecule has 2 aromatic carbocycles. The standard InChI is InChI=1S/C24H27N3/c1-19-7-5-10-23(26-19)24(27-17-6-15-25-16-18-27)22-13-11-21(12-14-22)20-8-3-2-4-9-20/h2-5,7-14,24-25H,6,15-18H2,1H3. The summed E-state index contributed by atoms with van der Waals surface area (Å²) in [7, 11) is 0. The van der Waals surface area contributed by atoms with Crippen molar-refractivity contribution >= 4 is 0 Å². The summed E-state index contributed by atoms with van der Waals surface area (Å²) in [6, 6.07) is 26.2. The van der Waals surface area contributed by atoms with Gasteiger partial charge >= 0.3 is 0 Å². The molecule has 1 aromatic heterocycles. The van der Waals surface area contributed by atoms with E-state index in [-0.39, 0.29) is 6.04 Å². The number of hydrogen-bond donors (Lipinski definition) is 1. The van der Waals surface area contributed by atoms with E-state index in [9.17, 15) is 0 Å². The van der Waals surface area contributed by atoms with Gasteiger partial charge in [0.1, 0.15) is 0 Å². The maximum absolute atomic E-state index is 4.87. The van der Waals surface area contributed by atoms with Crippen LogP contribution in [0, 0.1) is 6.92 Å². The minimum atomic E-state index is 0.203. The number of pyridine rings is 1. The Kier molecular flexibility index (Phi) is 5.61. The Morgan fingerprint density at radius 2 is 1.59 bits per heavy atom. The summed E-state index contributed by atoms with van der Waals surface area (Å²) in [4.78, 5) is 7.44. The zero-order valence-electron chi connectivity index (χ0n) is 15.9. The van der Waals surface area contributed by atoms with Crippen LogP contribution in [0.1, 0.15) is 29.4 Å². The summed E-state index contributed by atoms with van der Waals surface area (Å²) >= 11 is 0. The molecule has 0 saturated carbocycles. The molecule has 2 heterocycles. The SMILES string of the molecule is Cc1cccc(C(c2ccc(-c3ccccc3)cc2)N2CCCNCC2)n1. The van der Waals surface area contributed by atoms with Crippen LogP contribution >= 0.6 is 0 Å². The number of aryl methyl sites for hydroxylation is 1. The molecule has 1 atom stereocenters. The van der Waals surface area contributed by atoms with Crippen molar-refractivity contribution < 1.29 is 0 Å². The van der Waals surface area contributed by atoms with Crippen LogP contribution in [0.5, 0.6) is 0 Å². The van der Waals surface area contributed by atoms with E-state index in [4.69, 9.17) is 4.98 Å². The first-order valence-corrected chi connectivity index (χ1v) is 9.85. The van der Waals surface area contributed by atoms with Crippen LogP contribution in [0.3, 0.4) is 0 Å². The minimum Gasteiger partial charge on any atom is -0.315 e. The fraction of sp³-hybridized carbons (Fsp3) is 0.292. The molecular weight excluding hydrogens is 330 g/mol. The molecule has 0 bridgehead atoms. The Balaban J connectivity index is 1.69. The first-order chi connectivity index (χ1) is 13.3. The van der Waals surface area contributed by atoms with E-state index in [0.717, 1.165) is 37.6 Å². The summed E-state index contributed by atoms with van der Waals surface area (Å²) in [6.45, 7) is 6.33. The van der Waals surface area contributed by atoms with Crippen LogP contribution in [0.15, 0.2) is 72.8 Å². The van der Waals surface area contributed by atoms with Gasteiger partial charge < -0.3 is 5.32 Å². The maximum atomic E-state index is 4.87. The third-order valence-corrected chi connectivity index (χ3v) is 5.26. The van der Waals surface area contributed by atoms with E-state index in [1.54, 1.807) is 0 Å².